The van der Waals surface area contributed by atoms with E-state index in [1.54, 1.807) is 0 Å². The Bertz CT molecular complexity index is 461. The molecule has 0 aliphatic carbocycles. The fourth-order valence-corrected chi connectivity index (χ4v) is 1.76. The molecule has 1 amide bonds. The molecule has 0 saturated carbocycles. The second-order valence-electron chi connectivity index (χ2n) is 5.64. The number of rotatable bonds is 8. The van der Waals surface area contributed by atoms with Gasteiger partial charge in [0.05, 0.1) is 6.54 Å². The van der Waals surface area contributed by atoms with E-state index in [4.69, 9.17) is 0 Å². The summed E-state index contributed by atoms with van der Waals surface area (Å²) in [5.74, 6) is 2.70. The summed E-state index contributed by atoms with van der Waals surface area (Å²) in [7, 11) is 1.86. The van der Waals surface area contributed by atoms with Crippen molar-refractivity contribution in [2.75, 3.05) is 36.9 Å². The van der Waals surface area contributed by atoms with Crippen LogP contribution >= 0.6 is 0 Å². The summed E-state index contributed by atoms with van der Waals surface area (Å²) >= 11 is 0. The molecule has 0 spiro atoms. The number of aryl methyl sites for hydroxylation is 1. The first kappa shape index (κ1) is 17.2. The van der Waals surface area contributed by atoms with Crippen molar-refractivity contribution in [1.82, 2.24) is 15.3 Å². The molecule has 1 heterocycles. The number of nitrogens with zero attached hydrogens (tertiary/aromatic N) is 3. The highest BCUT2D eigenvalue weighted by molar-refractivity contribution is 5.81. The highest BCUT2D eigenvalue weighted by Gasteiger charge is 2.11. The van der Waals surface area contributed by atoms with Crippen molar-refractivity contribution < 1.29 is 4.79 Å². The van der Waals surface area contributed by atoms with Gasteiger partial charge in [0.2, 0.25) is 5.91 Å². The van der Waals surface area contributed by atoms with Crippen LogP contribution in [0.1, 0.15) is 33.0 Å². The summed E-state index contributed by atoms with van der Waals surface area (Å²) in [5.41, 5.74) is 0. The number of nitrogens with one attached hydrogen (secondary N) is 2. The quantitative estimate of drug-likeness (QED) is 0.765. The molecule has 2 N–H and O–H groups in total. The second kappa shape index (κ2) is 8.44. The molecule has 0 fully saturated rings. The highest BCUT2D eigenvalue weighted by Crippen LogP contribution is 2.14. The van der Waals surface area contributed by atoms with E-state index in [1.165, 1.54) is 0 Å². The summed E-state index contributed by atoms with van der Waals surface area (Å²) in [4.78, 5) is 22.4. The van der Waals surface area contributed by atoms with Gasteiger partial charge in [-0.3, -0.25) is 4.79 Å². The molecule has 0 aromatic carbocycles. The molecule has 0 aliphatic rings. The molecule has 0 atom stereocenters. The van der Waals surface area contributed by atoms with Gasteiger partial charge in [0.1, 0.15) is 17.5 Å². The van der Waals surface area contributed by atoms with Crippen LogP contribution in [0.4, 0.5) is 11.6 Å². The monoisotopic (exact) mass is 293 g/mol. The number of hydrogen-bond acceptors (Lipinski definition) is 5. The number of anilines is 2. The van der Waals surface area contributed by atoms with E-state index in [2.05, 4.69) is 41.4 Å². The number of aromatic nitrogens is 2. The predicted molar refractivity (Wildman–Crippen MR) is 86.7 cm³/mol. The first-order chi connectivity index (χ1) is 9.92. The van der Waals surface area contributed by atoms with Crippen LogP contribution in [0.25, 0.3) is 0 Å². The van der Waals surface area contributed by atoms with E-state index >= 15 is 0 Å². The van der Waals surface area contributed by atoms with Crippen LogP contribution in [0.15, 0.2) is 6.07 Å². The Morgan fingerprint density at radius 3 is 2.71 bits per heavy atom. The smallest absolute Gasteiger partial charge is 0.239 e. The van der Waals surface area contributed by atoms with Gasteiger partial charge in [-0.05, 0) is 19.3 Å². The topological polar surface area (TPSA) is 70.2 Å². The van der Waals surface area contributed by atoms with Gasteiger partial charge in [-0.15, -0.1) is 0 Å². The van der Waals surface area contributed by atoms with E-state index in [0.29, 0.717) is 18.3 Å². The minimum absolute atomic E-state index is 0.00512. The number of amides is 1. The first-order valence-electron chi connectivity index (χ1n) is 7.49. The molecule has 118 valence electrons. The zero-order chi connectivity index (χ0) is 15.8. The van der Waals surface area contributed by atoms with Gasteiger partial charge >= 0.3 is 0 Å². The van der Waals surface area contributed by atoms with Crippen LogP contribution in [0, 0.1) is 12.8 Å². The van der Waals surface area contributed by atoms with Crippen molar-refractivity contribution in [2.24, 2.45) is 5.92 Å². The molecular formula is C15H27N5O. The lowest BCUT2D eigenvalue weighted by Crippen LogP contribution is -2.37. The minimum atomic E-state index is 0.00512. The van der Waals surface area contributed by atoms with E-state index in [9.17, 15) is 4.79 Å². The Balaban J connectivity index is 2.66. The summed E-state index contributed by atoms with van der Waals surface area (Å²) in [6, 6.07) is 1.87. The molecule has 21 heavy (non-hydrogen) atoms. The average molecular weight is 293 g/mol. The molecular weight excluding hydrogens is 266 g/mol. The van der Waals surface area contributed by atoms with E-state index in [-0.39, 0.29) is 12.5 Å². The Labute approximate surface area is 127 Å². The van der Waals surface area contributed by atoms with Crippen molar-refractivity contribution in [2.45, 2.75) is 34.1 Å². The molecule has 0 saturated heterocycles. The molecule has 1 aromatic heterocycles. The van der Waals surface area contributed by atoms with E-state index in [1.807, 2.05) is 24.9 Å². The third-order valence-corrected chi connectivity index (χ3v) is 2.86. The lowest BCUT2D eigenvalue weighted by molar-refractivity contribution is -0.119. The fourth-order valence-electron chi connectivity index (χ4n) is 1.76. The van der Waals surface area contributed by atoms with Crippen molar-refractivity contribution in [3.05, 3.63) is 11.9 Å². The molecule has 6 nitrogen and oxygen atoms in total. The van der Waals surface area contributed by atoms with Crippen molar-refractivity contribution >= 4 is 17.5 Å². The van der Waals surface area contributed by atoms with Crippen LogP contribution < -0.4 is 15.5 Å². The summed E-state index contributed by atoms with van der Waals surface area (Å²) < 4.78 is 0. The standard InChI is InChI=1S/C15H27N5O/c1-6-7-16-13-8-14(19-12(4)18-13)20(5)10-15(21)17-9-11(2)3/h8,11H,6-7,9-10H2,1-5H3,(H,17,21)(H,16,18,19). The van der Waals surface area contributed by atoms with Crippen LogP contribution in [0.5, 0.6) is 0 Å². The van der Waals surface area contributed by atoms with Crippen LogP contribution in [0.2, 0.25) is 0 Å². The second-order valence-corrected chi connectivity index (χ2v) is 5.64. The summed E-state index contributed by atoms with van der Waals surface area (Å²) in [6.45, 7) is 9.96. The summed E-state index contributed by atoms with van der Waals surface area (Å²) in [5, 5.41) is 6.15. The van der Waals surface area contributed by atoms with E-state index < -0.39 is 0 Å². The molecule has 0 radical (unpaired) electrons. The third kappa shape index (κ3) is 6.42. The van der Waals surface area contributed by atoms with Crippen LogP contribution in [-0.2, 0) is 4.79 Å². The lowest BCUT2D eigenvalue weighted by atomic mass is 10.2. The van der Waals surface area contributed by atoms with Crippen LogP contribution in [0.3, 0.4) is 0 Å². The van der Waals surface area contributed by atoms with Gasteiger partial charge in [0, 0.05) is 26.2 Å². The highest BCUT2D eigenvalue weighted by atomic mass is 16.2. The zero-order valence-corrected chi connectivity index (χ0v) is 13.7. The largest absolute Gasteiger partial charge is 0.370 e. The normalized spacial score (nSPS) is 10.6. The SMILES string of the molecule is CCCNc1cc(N(C)CC(=O)NCC(C)C)nc(C)n1. The van der Waals surface area contributed by atoms with Gasteiger partial charge in [0.15, 0.2) is 0 Å². The number of hydrogen-bond donors (Lipinski definition) is 2. The average Bonchev–Trinajstić information content (AvgIpc) is 2.42. The molecule has 6 heteroatoms. The number of carbonyl (C=O) groups is 1. The number of likely N-dealkylation sites (N-methyl/N-ethyl adjacent to an activating group) is 1. The molecule has 0 aliphatic heterocycles. The Morgan fingerprint density at radius 2 is 2.10 bits per heavy atom. The molecule has 1 rings (SSSR count). The fraction of sp³-hybridized carbons (Fsp3) is 0.667. The van der Waals surface area contributed by atoms with Gasteiger partial charge < -0.3 is 15.5 Å². The molecule has 1 aromatic rings. The maximum atomic E-state index is 11.9. The van der Waals surface area contributed by atoms with Crippen LogP contribution in [-0.4, -0.2) is 42.6 Å². The Morgan fingerprint density at radius 1 is 1.38 bits per heavy atom. The zero-order valence-electron chi connectivity index (χ0n) is 13.7. The maximum Gasteiger partial charge on any atom is 0.239 e. The van der Waals surface area contributed by atoms with Gasteiger partial charge in [-0.1, -0.05) is 20.8 Å². The maximum absolute atomic E-state index is 11.9. The molecule has 0 bridgehead atoms. The predicted octanol–water partition coefficient (Wildman–Crippen LogP) is 1.82. The van der Waals surface area contributed by atoms with Gasteiger partial charge in [-0.25, -0.2) is 9.97 Å². The van der Waals surface area contributed by atoms with Gasteiger partial charge in [0.25, 0.3) is 0 Å². The molecule has 0 unspecified atom stereocenters. The van der Waals surface area contributed by atoms with Crippen molar-refractivity contribution in [1.29, 1.82) is 0 Å². The number of carbonyl (C=O) groups excluding carboxylic acids is 1. The Kier molecular flexibility index (Phi) is 6.91. The minimum Gasteiger partial charge on any atom is -0.370 e. The van der Waals surface area contributed by atoms with Crippen molar-refractivity contribution in [3.8, 4) is 0 Å². The summed E-state index contributed by atoms with van der Waals surface area (Å²) in [6.07, 6.45) is 1.03. The Hall–Kier alpha value is -1.85. The van der Waals surface area contributed by atoms with Crippen molar-refractivity contribution in [3.63, 3.8) is 0 Å². The lowest BCUT2D eigenvalue weighted by Gasteiger charge is -2.19. The van der Waals surface area contributed by atoms with Gasteiger partial charge in [-0.2, -0.15) is 0 Å². The first-order valence-corrected chi connectivity index (χ1v) is 7.49. The third-order valence-electron chi connectivity index (χ3n) is 2.86. The van der Waals surface area contributed by atoms with E-state index in [0.717, 1.165) is 24.6 Å².